The van der Waals surface area contributed by atoms with Crippen molar-refractivity contribution in [2.24, 2.45) is 0 Å². The lowest BCUT2D eigenvalue weighted by Crippen LogP contribution is -2.35. The predicted octanol–water partition coefficient (Wildman–Crippen LogP) is 4.99. The third-order valence-corrected chi connectivity index (χ3v) is 6.77. The highest BCUT2D eigenvalue weighted by atomic mass is 32.1. The van der Waals surface area contributed by atoms with E-state index < -0.39 is 11.9 Å². The Morgan fingerprint density at radius 1 is 1.16 bits per heavy atom. The van der Waals surface area contributed by atoms with Crippen molar-refractivity contribution in [1.82, 2.24) is 15.3 Å². The quantitative estimate of drug-likeness (QED) is 0.614. The standard InChI is InChI=1S/C22H21F3N4OS/c23-22(24,25)18-12-31-21(28-18)13-4-3-9-29(11-13)19-10-16(20(30)26-14-7-8-14)15-5-1-2-6-17(15)27-19/h1-2,5-6,10,12-14H,3-4,7-9,11H2,(H,26,30). The molecule has 1 aliphatic carbocycles. The second-order valence-electron chi connectivity index (χ2n) is 8.15. The number of nitrogens with one attached hydrogen (secondary N) is 1. The third-order valence-electron chi connectivity index (χ3n) is 5.77. The molecule has 1 amide bonds. The van der Waals surface area contributed by atoms with Crippen molar-refractivity contribution in [3.05, 3.63) is 52.0 Å². The van der Waals surface area contributed by atoms with Gasteiger partial charge in [0.15, 0.2) is 5.69 Å². The highest BCUT2D eigenvalue weighted by Gasteiger charge is 2.35. The van der Waals surface area contributed by atoms with Gasteiger partial charge in [0.05, 0.1) is 16.1 Å². The lowest BCUT2D eigenvalue weighted by Gasteiger charge is -2.33. The highest BCUT2D eigenvalue weighted by molar-refractivity contribution is 7.09. The fourth-order valence-electron chi connectivity index (χ4n) is 3.99. The number of rotatable bonds is 4. The molecule has 0 radical (unpaired) electrons. The largest absolute Gasteiger partial charge is 0.434 e. The van der Waals surface area contributed by atoms with Crippen molar-refractivity contribution in [3.8, 4) is 0 Å². The molecule has 2 fully saturated rings. The Labute approximate surface area is 181 Å². The van der Waals surface area contributed by atoms with Crippen molar-refractivity contribution in [2.45, 2.75) is 43.8 Å². The lowest BCUT2D eigenvalue weighted by molar-refractivity contribution is -0.140. The van der Waals surface area contributed by atoms with Crippen molar-refractivity contribution in [1.29, 1.82) is 0 Å². The maximum absolute atomic E-state index is 13.0. The van der Waals surface area contributed by atoms with Gasteiger partial charge in [-0.2, -0.15) is 13.2 Å². The van der Waals surface area contributed by atoms with E-state index in [1.165, 1.54) is 0 Å². The second kappa shape index (κ2) is 7.78. The Bertz CT molecular complexity index is 1130. The smallest absolute Gasteiger partial charge is 0.356 e. The fourth-order valence-corrected chi connectivity index (χ4v) is 4.95. The van der Waals surface area contributed by atoms with Crippen LogP contribution in [0.5, 0.6) is 0 Å². The van der Waals surface area contributed by atoms with Crippen molar-refractivity contribution in [2.75, 3.05) is 18.0 Å². The van der Waals surface area contributed by atoms with Gasteiger partial charge >= 0.3 is 6.18 Å². The van der Waals surface area contributed by atoms with Crippen LogP contribution in [-0.2, 0) is 6.18 Å². The number of piperidine rings is 1. The number of para-hydroxylation sites is 1. The summed E-state index contributed by atoms with van der Waals surface area (Å²) in [6.07, 6.45) is -0.813. The SMILES string of the molecule is O=C(NC1CC1)c1cc(N2CCCC(c3nc(C(F)(F)F)cs3)C2)nc2ccccc12. The number of fused-ring (bicyclic) bond motifs is 1. The van der Waals surface area contributed by atoms with Crippen LogP contribution in [0.1, 0.15) is 52.7 Å². The molecule has 1 aliphatic heterocycles. The molecule has 5 rings (SSSR count). The topological polar surface area (TPSA) is 58.1 Å². The number of carbonyl (C=O) groups is 1. The molecule has 1 saturated carbocycles. The number of thiazole rings is 1. The molecule has 1 aromatic carbocycles. The van der Waals surface area contributed by atoms with Gasteiger partial charge in [0.1, 0.15) is 5.82 Å². The van der Waals surface area contributed by atoms with Gasteiger partial charge in [-0.05, 0) is 37.8 Å². The van der Waals surface area contributed by atoms with E-state index in [4.69, 9.17) is 4.98 Å². The summed E-state index contributed by atoms with van der Waals surface area (Å²) in [7, 11) is 0. The molecular weight excluding hydrogens is 425 g/mol. The molecule has 0 spiro atoms. The van der Waals surface area contributed by atoms with Crippen LogP contribution in [-0.4, -0.2) is 35.0 Å². The number of halogens is 3. The summed E-state index contributed by atoms with van der Waals surface area (Å²) < 4.78 is 38.9. The molecule has 162 valence electrons. The maximum atomic E-state index is 13.0. The van der Waals surface area contributed by atoms with E-state index in [9.17, 15) is 18.0 Å². The van der Waals surface area contributed by atoms with E-state index in [0.29, 0.717) is 22.9 Å². The number of anilines is 1. The summed E-state index contributed by atoms with van der Waals surface area (Å²) in [6.45, 7) is 1.27. The zero-order chi connectivity index (χ0) is 21.6. The van der Waals surface area contributed by atoms with Crippen LogP contribution in [0.3, 0.4) is 0 Å². The van der Waals surface area contributed by atoms with E-state index in [2.05, 4.69) is 15.2 Å². The van der Waals surface area contributed by atoms with Gasteiger partial charge in [-0.3, -0.25) is 4.79 Å². The van der Waals surface area contributed by atoms with E-state index in [1.807, 2.05) is 30.3 Å². The molecule has 1 unspecified atom stereocenters. The number of alkyl halides is 3. The normalized spacial score (nSPS) is 19.6. The fraction of sp³-hybridized carbons (Fsp3) is 0.409. The molecule has 31 heavy (non-hydrogen) atoms. The highest BCUT2D eigenvalue weighted by Crippen LogP contribution is 2.36. The molecule has 2 aromatic heterocycles. The van der Waals surface area contributed by atoms with Gasteiger partial charge in [0.2, 0.25) is 0 Å². The van der Waals surface area contributed by atoms with E-state index in [0.717, 1.165) is 59.8 Å². The molecule has 1 atom stereocenters. The van der Waals surface area contributed by atoms with Crippen LogP contribution in [0.15, 0.2) is 35.7 Å². The van der Waals surface area contributed by atoms with E-state index >= 15 is 0 Å². The number of pyridine rings is 1. The van der Waals surface area contributed by atoms with Gasteiger partial charge in [0, 0.05) is 35.8 Å². The Balaban J connectivity index is 1.44. The minimum atomic E-state index is -4.42. The molecule has 1 N–H and O–H groups in total. The van der Waals surface area contributed by atoms with Gasteiger partial charge < -0.3 is 10.2 Å². The van der Waals surface area contributed by atoms with Crippen LogP contribution in [0, 0.1) is 0 Å². The number of nitrogens with zero attached hydrogens (tertiary/aromatic N) is 3. The molecular formula is C22H21F3N4OS. The minimum Gasteiger partial charge on any atom is -0.356 e. The number of aromatic nitrogens is 2. The Morgan fingerprint density at radius 3 is 2.71 bits per heavy atom. The van der Waals surface area contributed by atoms with Crippen LogP contribution in [0.25, 0.3) is 10.9 Å². The predicted molar refractivity (Wildman–Crippen MR) is 114 cm³/mol. The van der Waals surface area contributed by atoms with Crippen molar-refractivity contribution in [3.63, 3.8) is 0 Å². The van der Waals surface area contributed by atoms with Gasteiger partial charge in [0.25, 0.3) is 5.91 Å². The summed E-state index contributed by atoms with van der Waals surface area (Å²) in [5.41, 5.74) is 0.493. The second-order valence-corrected chi connectivity index (χ2v) is 9.04. The lowest BCUT2D eigenvalue weighted by atomic mass is 9.98. The Hall–Kier alpha value is -2.68. The monoisotopic (exact) mass is 446 g/mol. The van der Waals surface area contributed by atoms with Crippen LogP contribution in [0.4, 0.5) is 19.0 Å². The first kappa shape index (κ1) is 20.2. The van der Waals surface area contributed by atoms with Crippen LogP contribution < -0.4 is 10.2 Å². The average Bonchev–Trinajstić information content (AvgIpc) is 3.42. The van der Waals surface area contributed by atoms with Gasteiger partial charge in [-0.1, -0.05) is 18.2 Å². The summed E-state index contributed by atoms with van der Waals surface area (Å²) in [4.78, 5) is 23.5. The molecule has 3 heterocycles. The number of hydrogen-bond acceptors (Lipinski definition) is 5. The molecule has 3 aromatic rings. The molecule has 0 bridgehead atoms. The number of hydrogen-bond donors (Lipinski definition) is 1. The van der Waals surface area contributed by atoms with E-state index in [-0.39, 0.29) is 17.9 Å². The molecule has 2 aliphatic rings. The minimum absolute atomic E-state index is 0.0909. The van der Waals surface area contributed by atoms with Crippen LogP contribution >= 0.6 is 11.3 Å². The molecule has 1 saturated heterocycles. The summed E-state index contributed by atoms with van der Waals surface area (Å²) in [5.74, 6) is 0.481. The number of amides is 1. The molecule has 5 nitrogen and oxygen atoms in total. The Kier molecular flexibility index (Phi) is 5.08. The summed E-state index contributed by atoms with van der Waals surface area (Å²) >= 11 is 1.06. The first-order chi connectivity index (χ1) is 14.9. The number of carbonyl (C=O) groups excluding carboxylic acids is 1. The maximum Gasteiger partial charge on any atom is 0.434 e. The van der Waals surface area contributed by atoms with Crippen LogP contribution in [0.2, 0.25) is 0 Å². The first-order valence-corrected chi connectivity index (χ1v) is 11.2. The first-order valence-electron chi connectivity index (χ1n) is 10.4. The van der Waals surface area contributed by atoms with Crippen molar-refractivity contribution >= 4 is 34.0 Å². The third kappa shape index (κ3) is 4.23. The van der Waals surface area contributed by atoms with E-state index in [1.54, 1.807) is 0 Å². The summed E-state index contributed by atoms with van der Waals surface area (Å²) in [5, 5.41) is 5.43. The van der Waals surface area contributed by atoms with Gasteiger partial charge in [-0.15, -0.1) is 11.3 Å². The number of benzene rings is 1. The summed E-state index contributed by atoms with van der Waals surface area (Å²) in [6, 6.07) is 9.59. The zero-order valence-corrected chi connectivity index (χ0v) is 17.5. The van der Waals surface area contributed by atoms with Crippen molar-refractivity contribution < 1.29 is 18.0 Å². The Morgan fingerprint density at radius 2 is 1.97 bits per heavy atom. The van der Waals surface area contributed by atoms with Gasteiger partial charge in [-0.25, -0.2) is 9.97 Å². The average molecular weight is 446 g/mol. The zero-order valence-electron chi connectivity index (χ0n) is 16.7. The molecule has 9 heteroatoms.